The molecule has 0 aromatic carbocycles. The molecule has 0 aliphatic carbocycles. The van der Waals surface area contributed by atoms with Gasteiger partial charge in [0.25, 0.3) is 0 Å². The van der Waals surface area contributed by atoms with Crippen molar-refractivity contribution in [1.82, 2.24) is 0 Å². The van der Waals surface area contributed by atoms with Crippen LogP contribution in [0.3, 0.4) is 0 Å². The SMILES string of the molecule is CCC[C@H]1O[C@@H]2OC(C)(CC)O[C@@H]2[C@H]1O. The fourth-order valence-electron chi connectivity index (χ4n) is 2.17. The van der Waals surface area contributed by atoms with Crippen LogP contribution in [0.15, 0.2) is 0 Å². The fraction of sp³-hybridized carbons (Fsp3) is 1.00. The highest BCUT2D eigenvalue weighted by Crippen LogP contribution is 2.39. The second kappa shape index (κ2) is 4.01. The van der Waals surface area contributed by atoms with Crippen LogP contribution in [-0.4, -0.2) is 35.5 Å². The van der Waals surface area contributed by atoms with Gasteiger partial charge in [0.15, 0.2) is 12.1 Å². The molecule has 0 radical (unpaired) electrons. The Bertz CT molecular complexity index is 233. The van der Waals surface area contributed by atoms with E-state index in [1.807, 2.05) is 13.8 Å². The zero-order valence-corrected chi connectivity index (χ0v) is 9.60. The van der Waals surface area contributed by atoms with E-state index in [0.29, 0.717) is 0 Å². The molecule has 4 nitrogen and oxygen atoms in total. The molecule has 2 saturated heterocycles. The molecule has 0 spiro atoms. The van der Waals surface area contributed by atoms with Crippen LogP contribution in [0.5, 0.6) is 0 Å². The number of aliphatic hydroxyl groups is 1. The first kappa shape index (κ1) is 11.3. The van der Waals surface area contributed by atoms with E-state index in [-0.39, 0.29) is 18.5 Å². The van der Waals surface area contributed by atoms with E-state index in [9.17, 15) is 5.11 Å². The minimum absolute atomic E-state index is 0.133. The van der Waals surface area contributed by atoms with Crippen LogP contribution in [0.4, 0.5) is 0 Å². The molecule has 4 heteroatoms. The molecule has 88 valence electrons. The average Bonchev–Trinajstić information content (AvgIpc) is 2.66. The van der Waals surface area contributed by atoms with Gasteiger partial charge in [-0.1, -0.05) is 20.3 Å². The summed E-state index contributed by atoms with van der Waals surface area (Å²) in [6.45, 7) is 5.95. The highest BCUT2D eigenvalue weighted by Gasteiger charge is 2.54. The van der Waals surface area contributed by atoms with Crippen molar-refractivity contribution < 1.29 is 19.3 Å². The lowest BCUT2D eigenvalue weighted by Gasteiger charge is -2.25. The first-order valence-electron chi connectivity index (χ1n) is 5.79. The summed E-state index contributed by atoms with van der Waals surface area (Å²) in [6, 6.07) is 0. The molecule has 0 aromatic heterocycles. The van der Waals surface area contributed by atoms with E-state index >= 15 is 0 Å². The van der Waals surface area contributed by atoms with Gasteiger partial charge in [0.1, 0.15) is 12.2 Å². The molecule has 2 aliphatic heterocycles. The molecule has 2 aliphatic rings. The van der Waals surface area contributed by atoms with Crippen LogP contribution in [0, 0.1) is 0 Å². The van der Waals surface area contributed by atoms with Gasteiger partial charge in [-0.25, -0.2) is 0 Å². The topological polar surface area (TPSA) is 47.9 Å². The van der Waals surface area contributed by atoms with Crippen LogP contribution in [0.1, 0.15) is 40.0 Å². The summed E-state index contributed by atoms with van der Waals surface area (Å²) >= 11 is 0. The van der Waals surface area contributed by atoms with Gasteiger partial charge in [-0.3, -0.25) is 0 Å². The van der Waals surface area contributed by atoms with Crippen LogP contribution >= 0.6 is 0 Å². The lowest BCUT2D eigenvalue weighted by Crippen LogP contribution is -2.35. The Labute approximate surface area is 90.5 Å². The standard InChI is InChI=1S/C11H20O4/c1-4-6-7-8(12)9-10(13-7)15-11(3,5-2)14-9/h7-10,12H,4-6H2,1-3H3/t7-,8+,9-,10-,11?/m1/s1. The van der Waals surface area contributed by atoms with Gasteiger partial charge < -0.3 is 19.3 Å². The number of rotatable bonds is 3. The van der Waals surface area contributed by atoms with E-state index in [2.05, 4.69) is 6.92 Å². The highest BCUT2D eigenvalue weighted by atomic mass is 16.8. The molecular weight excluding hydrogens is 196 g/mol. The zero-order valence-electron chi connectivity index (χ0n) is 9.60. The second-order valence-electron chi connectivity index (χ2n) is 4.51. The largest absolute Gasteiger partial charge is 0.387 e. The molecule has 1 unspecified atom stereocenters. The van der Waals surface area contributed by atoms with Gasteiger partial charge >= 0.3 is 0 Å². The van der Waals surface area contributed by atoms with Gasteiger partial charge in [-0.05, 0) is 19.8 Å². The van der Waals surface area contributed by atoms with E-state index in [4.69, 9.17) is 14.2 Å². The molecule has 0 saturated carbocycles. The predicted molar refractivity (Wildman–Crippen MR) is 54.2 cm³/mol. The van der Waals surface area contributed by atoms with Crippen LogP contribution < -0.4 is 0 Å². The van der Waals surface area contributed by atoms with Crippen molar-refractivity contribution in [1.29, 1.82) is 0 Å². The van der Waals surface area contributed by atoms with Gasteiger partial charge in [-0.15, -0.1) is 0 Å². The summed E-state index contributed by atoms with van der Waals surface area (Å²) in [7, 11) is 0. The van der Waals surface area contributed by atoms with Crippen molar-refractivity contribution in [3.63, 3.8) is 0 Å². The molecule has 5 atom stereocenters. The van der Waals surface area contributed by atoms with Crippen molar-refractivity contribution in [2.45, 2.75) is 70.4 Å². The molecule has 0 amide bonds. The second-order valence-corrected chi connectivity index (χ2v) is 4.51. The van der Waals surface area contributed by atoms with Crippen molar-refractivity contribution in [2.24, 2.45) is 0 Å². The van der Waals surface area contributed by atoms with Gasteiger partial charge in [0.2, 0.25) is 0 Å². The Morgan fingerprint density at radius 3 is 2.53 bits per heavy atom. The lowest BCUT2D eigenvalue weighted by atomic mass is 10.1. The summed E-state index contributed by atoms with van der Waals surface area (Å²) < 4.78 is 17.0. The van der Waals surface area contributed by atoms with Crippen LogP contribution in [0.25, 0.3) is 0 Å². The minimum Gasteiger partial charge on any atom is -0.387 e. The maximum absolute atomic E-state index is 9.99. The third-order valence-corrected chi connectivity index (χ3v) is 3.26. The number of ether oxygens (including phenoxy) is 3. The number of hydrogen-bond donors (Lipinski definition) is 1. The summed E-state index contributed by atoms with van der Waals surface area (Å²) in [5, 5.41) is 9.99. The summed E-state index contributed by atoms with van der Waals surface area (Å²) in [5.74, 6) is -0.590. The first-order valence-corrected chi connectivity index (χ1v) is 5.79. The summed E-state index contributed by atoms with van der Waals surface area (Å²) in [5.41, 5.74) is 0. The van der Waals surface area contributed by atoms with E-state index in [0.717, 1.165) is 19.3 Å². The van der Waals surface area contributed by atoms with Crippen molar-refractivity contribution in [3.8, 4) is 0 Å². The average molecular weight is 216 g/mol. The van der Waals surface area contributed by atoms with Crippen molar-refractivity contribution >= 4 is 0 Å². The smallest absolute Gasteiger partial charge is 0.190 e. The van der Waals surface area contributed by atoms with Crippen molar-refractivity contribution in [3.05, 3.63) is 0 Å². The van der Waals surface area contributed by atoms with Gasteiger partial charge in [0.05, 0.1) is 6.10 Å². The van der Waals surface area contributed by atoms with E-state index < -0.39 is 11.9 Å². The van der Waals surface area contributed by atoms with Crippen LogP contribution in [0.2, 0.25) is 0 Å². The van der Waals surface area contributed by atoms with Gasteiger partial charge in [-0.2, -0.15) is 0 Å². The van der Waals surface area contributed by atoms with E-state index in [1.54, 1.807) is 0 Å². The zero-order chi connectivity index (χ0) is 11.1. The summed E-state index contributed by atoms with van der Waals surface area (Å²) in [4.78, 5) is 0. The Kier molecular flexibility index (Phi) is 3.03. The molecule has 0 aromatic rings. The van der Waals surface area contributed by atoms with E-state index in [1.165, 1.54) is 0 Å². The molecule has 15 heavy (non-hydrogen) atoms. The Balaban J connectivity index is 2.00. The number of fused-ring (bicyclic) bond motifs is 1. The minimum atomic E-state index is -0.590. The monoisotopic (exact) mass is 216 g/mol. The highest BCUT2D eigenvalue weighted by molar-refractivity contribution is 4.93. The number of aliphatic hydroxyl groups excluding tert-OH is 1. The normalized spacial score (nSPS) is 49.6. The van der Waals surface area contributed by atoms with Gasteiger partial charge in [0, 0.05) is 0 Å². The van der Waals surface area contributed by atoms with Crippen molar-refractivity contribution in [2.75, 3.05) is 0 Å². The fourth-order valence-corrected chi connectivity index (χ4v) is 2.17. The molecule has 1 N–H and O–H groups in total. The Morgan fingerprint density at radius 2 is 2.00 bits per heavy atom. The predicted octanol–water partition coefficient (Wildman–Crippen LogP) is 1.41. The molecule has 0 bridgehead atoms. The number of hydrogen-bond acceptors (Lipinski definition) is 4. The molecule has 2 fully saturated rings. The molecule has 2 rings (SSSR count). The lowest BCUT2D eigenvalue weighted by molar-refractivity contribution is -0.225. The maximum Gasteiger partial charge on any atom is 0.190 e. The molecular formula is C11H20O4. The Hall–Kier alpha value is -0.160. The Morgan fingerprint density at radius 1 is 1.27 bits per heavy atom. The third kappa shape index (κ3) is 1.91. The quantitative estimate of drug-likeness (QED) is 0.775. The third-order valence-electron chi connectivity index (χ3n) is 3.26. The summed E-state index contributed by atoms with van der Waals surface area (Å²) in [6.07, 6.45) is 1.22. The molecule has 2 heterocycles. The van der Waals surface area contributed by atoms with Crippen LogP contribution in [-0.2, 0) is 14.2 Å². The maximum atomic E-state index is 9.99. The first-order chi connectivity index (χ1) is 7.09.